The standard InChI is InChI=1S/C12H13ClN2/c13-10-7-15-11-8(10)3-1-4-9(11)12(14)5-2-6-12/h1,3-4,7,15H,2,5-6,14H2. The molecule has 0 spiro atoms. The number of hydrogen-bond acceptors (Lipinski definition) is 1. The number of fused-ring (bicyclic) bond motifs is 1. The molecule has 2 aromatic rings. The predicted molar refractivity (Wildman–Crippen MR) is 63.0 cm³/mol. The summed E-state index contributed by atoms with van der Waals surface area (Å²) < 4.78 is 0. The van der Waals surface area contributed by atoms with Gasteiger partial charge >= 0.3 is 0 Å². The van der Waals surface area contributed by atoms with Gasteiger partial charge in [0, 0.05) is 17.1 Å². The minimum atomic E-state index is -0.131. The summed E-state index contributed by atoms with van der Waals surface area (Å²) >= 11 is 6.08. The fourth-order valence-corrected chi connectivity index (χ4v) is 2.57. The van der Waals surface area contributed by atoms with Crippen LogP contribution in [0.1, 0.15) is 24.8 Å². The van der Waals surface area contributed by atoms with Gasteiger partial charge in [-0.05, 0) is 24.8 Å². The summed E-state index contributed by atoms with van der Waals surface area (Å²) in [5, 5.41) is 1.85. The largest absolute Gasteiger partial charge is 0.359 e. The Morgan fingerprint density at radius 2 is 2.13 bits per heavy atom. The Balaban J connectivity index is 2.26. The van der Waals surface area contributed by atoms with Crippen molar-refractivity contribution >= 4 is 22.5 Å². The van der Waals surface area contributed by atoms with Gasteiger partial charge in [-0.1, -0.05) is 29.8 Å². The molecular weight excluding hydrogens is 208 g/mol. The van der Waals surface area contributed by atoms with Gasteiger partial charge in [0.2, 0.25) is 0 Å². The SMILES string of the molecule is NC1(c2cccc3c(Cl)c[nH]c23)CCC1. The van der Waals surface area contributed by atoms with Gasteiger partial charge in [0.25, 0.3) is 0 Å². The lowest BCUT2D eigenvalue weighted by atomic mass is 9.72. The molecule has 0 saturated heterocycles. The minimum absolute atomic E-state index is 0.131. The monoisotopic (exact) mass is 220 g/mol. The van der Waals surface area contributed by atoms with E-state index in [1.54, 1.807) is 0 Å². The van der Waals surface area contributed by atoms with Gasteiger partial charge in [0.05, 0.1) is 10.5 Å². The minimum Gasteiger partial charge on any atom is -0.359 e. The summed E-state index contributed by atoms with van der Waals surface area (Å²) in [7, 11) is 0. The molecule has 1 aliphatic rings. The van der Waals surface area contributed by atoms with Crippen LogP contribution >= 0.6 is 11.6 Å². The number of hydrogen-bond donors (Lipinski definition) is 2. The molecule has 1 fully saturated rings. The molecule has 1 aliphatic carbocycles. The lowest BCUT2D eigenvalue weighted by Crippen LogP contribution is -2.43. The van der Waals surface area contributed by atoms with E-state index in [-0.39, 0.29) is 5.54 Å². The van der Waals surface area contributed by atoms with Gasteiger partial charge < -0.3 is 10.7 Å². The van der Waals surface area contributed by atoms with Crippen LogP contribution in [0.15, 0.2) is 24.4 Å². The summed E-state index contributed by atoms with van der Waals surface area (Å²) in [4.78, 5) is 3.22. The lowest BCUT2D eigenvalue weighted by molar-refractivity contribution is 0.255. The van der Waals surface area contributed by atoms with Crippen molar-refractivity contribution in [2.24, 2.45) is 5.73 Å². The number of halogens is 1. The molecule has 0 unspecified atom stereocenters. The van der Waals surface area contributed by atoms with Crippen LogP contribution in [0, 0.1) is 0 Å². The van der Waals surface area contributed by atoms with Crippen LogP contribution < -0.4 is 5.73 Å². The van der Waals surface area contributed by atoms with Crippen molar-refractivity contribution in [3.05, 3.63) is 35.0 Å². The molecule has 1 aromatic heterocycles. The van der Waals surface area contributed by atoms with Gasteiger partial charge in [-0.25, -0.2) is 0 Å². The first-order valence-corrected chi connectivity index (χ1v) is 5.63. The normalized spacial score (nSPS) is 19.1. The zero-order chi connectivity index (χ0) is 10.5. The summed E-state index contributed by atoms with van der Waals surface area (Å²) in [6.07, 6.45) is 5.20. The fraction of sp³-hybridized carbons (Fsp3) is 0.333. The van der Waals surface area contributed by atoms with Crippen LogP contribution in [0.2, 0.25) is 5.02 Å². The number of aromatic amines is 1. The smallest absolute Gasteiger partial charge is 0.0659 e. The third-order valence-electron chi connectivity index (χ3n) is 3.45. The van der Waals surface area contributed by atoms with E-state index >= 15 is 0 Å². The predicted octanol–water partition coefficient (Wildman–Crippen LogP) is 3.16. The molecule has 0 aliphatic heterocycles. The zero-order valence-electron chi connectivity index (χ0n) is 8.39. The van der Waals surface area contributed by atoms with Crippen LogP contribution in [0.4, 0.5) is 0 Å². The molecular formula is C12H13ClN2. The van der Waals surface area contributed by atoms with Gasteiger partial charge in [-0.3, -0.25) is 0 Å². The molecule has 0 bridgehead atoms. The van der Waals surface area contributed by atoms with Gasteiger partial charge in [-0.2, -0.15) is 0 Å². The van der Waals surface area contributed by atoms with Crippen molar-refractivity contribution in [1.29, 1.82) is 0 Å². The highest BCUT2D eigenvalue weighted by Gasteiger charge is 2.35. The van der Waals surface area contributed by atoms with Crippen LogP contribution in [-0.4, -0.2) is 4.98 Å². The maximum Gasteiger partial charge on any atom is 0.0659 e. The van der Waals surface area contributed by atoms with Crippen molar-refractivity contribution in [1.82, 2.24) is 4.98 Å². The van der Waals surface area contributed by atoms with E-state index in [1.807, 2.05) is 18.3 Å². The highest BCUT2D eigenvalue weighted by Crippen LogP contribution is 2.42. The summed E-state index contributed by atoms with van der Waals surface area (Å²) in [6, 6.07) is 6.17. The highest BCUT2D eigenvalue weighted by atomic mass is 35.5. The van der Waals surface area contributed by atoms with Crippen LogP contribution in [0.3, 0.4) is 0 Å². The fourth-order valence-electron chi connectivity index (χ4n) is 2.36. The van der Waals surface area contributed by atoms with Crippen molar-refractivity contribution < 1.29 is 0 Å². The molecule has 1 aromatic carbocycles. The van der Waals surface area contributed by atoms with Gasteiger partial charge in [-0.15, -0.1) is 0 Å². The van der Waals surface area contributed by atoms with Gasteiger partial charge in [0.15, 0.2) is 0 Å². The number of H-pyrrole nitrogens is 1. The molecule has 3 N–H and O–H groups in total. The Kier molecular flexibility index (Phi) is 1.85. The quantitative estimate of drug-likeness (QED) is 0.762. The number of benzene rings is 1. The maximum atomic E-state index is 6.34. The molecule has 0 radical (unpaired) electrons. The summed E-state index contributed by atoms with van der Waals surface area (Å²) in [5.41, 5.74) is 8.51. The Bertz CT molecular complexity index is 511. The number of nitrogens with one attached hydrogen (secondary N) is 1. The van der Waals surface area contributed by atoms with E-state index in [0.29, 0.717) is 0 Å². The first-order valence-electron chi connectivity index (χ1n) is 5.26. The van der Waals surface area contributed by atoms with E-state index in [4.69, 9.17) is 17.3 Å². The molecule has 3 rings (SSSR count). The van der Waals surface area contributed by atoms with E-state index in [2.05, 4.69) is 11.1 Å². The number of aromatic nitrogens is 1. The Morgan fingerprint density at radius 1 is 1.33 bits per heavy atom. The zero-order valence-corrected chi connectivity index (χ0v) is 9.14. The van der Waals surface area contributed by atoms with E-state index in [1.165, 1.54) is 12.0 Å². The first kappa shape index (κ1) is 9.25. The molecule has 1 saturated carbocycles. The molecule has 0 amide bonds. The summed E-state index contributed by atoms with van der Waals surface area (Å²) in [6.45, 7) is 0. The third-order valence-corrected chi connectivity index (χ3v) is 3.76. The number of rotatable bonds is 1. The molecule has 2 nitrogen and oxygen atoms in total. The first-order chi connectivity index (χ1) is 7.21. The third kappa shape index (κ3) is 1.22. The average molecular weight is 221 g/mol. The highest BCUT2D eigenvalue weighted by molar-refractivity contribution is 6.35. The second-order valence-electron chi connectivity index (χ2n) is 4.37. The molecule has 15 heavy (non-hydrogen) atoms. The van der Waals surface area contributed by atoms with Crippen LogP contribution in [-0.2, 0) is 5.54 Å². The van der Waals surface area contributed by atoms with E-state index in [0.717, 1.165) is 28.8 Å². The lowest BCUT2D eigenvalue weighted by Gasteiger charge is -2.38. The second-order valence-corrected chi connectivity index (χ2v) is 4.78. The average Bonchev–Trinajstić information content (AvgIpc) is 2.57. The van der Waals surface area contributed by atoms with Gasteiger partial charge in [0.1, 0.15) is 0 Å². The molecule has 3 heteroatoms. The van der Waals surface area contributed by atoms with Crippen LogP contribution in [0.5, 0.6) is 0 Å². The van der Waals surface area contributed by atoms with Crippen molar-refractivity contribution in [2.45, 2.75) is 24.8 Å². The Hall–Kier alpha value is -0.990. The molecule has 78 valence electrons. The maximum absolute atomic E-state index is 6.34. The van der Waals surface area contributed by atoms with E-state index in [9.17, 15) is 0 Å². The number of para-hydroxylation sites is 1. The van der Waals surface area contributed by atoms with Crippen molar-refractivity contribution in [3.8, 4) is 0 Å². The van der Waals surface area contributed by atoms with Crippen molar-refractivity contribution in [3.63, 3.8) is 0 Å². The Morgan fingerprint density at radius 3 is 2.80 bits per heavy atom. The number of nitrogens with two attached hydrogens (primary N) is 1. The Labute approximate surface area is 93.4 Å². The van der Waals surface area contributed by atoms with E-state index < -0.39 is 0 Å². The molecule has 0 atom stereocenters. The van der Waals surface area contributed by atoms with Crippen molar-refractivity contribution in [2.75, 3.05) is 0 Å². The van der Waals surface area contributed by atoms with Crippen LogP contribution in [0.25, 0.3) is 10.9 Å². The summed E-state index contributed by atoms with van der Waals surface area (Å²) in [5.74, 6) is 0. The topological polar surface area (TPSA) is 41.8 Å². The second kappa shape index (κ2) is 3.00. The molecule has 1 heterocycles.